The van der Waals surface area contributed by atoms with Gasteiger partial charge in [-0.2, -0.15) is 0 Å². The Morgan fingerprint density at radius 2 is 1.80 bits per heavy atom. The number of carbonyl (C=O) groups is 1. The van der Waals surface area contributed by atoms with Crippen LogP contribution >= 0.6 is 0 Å². The number of ether oxygens (including phenoxy) is 1. The first kappa shape index (κ1) is 21.5. The molecule has 0 aliphatic rings. The number of amides is 1. The van der Waals surface area contributed by atoms with E-state index < -0.39 is 5.60 Å². The van der Waals surface area contributed by atoms with Gasteiger partial charge in [-0.05, 0) is 63.5 Å². The second-order valence-corrected chi connectivity index (χ2v) is 7.91. The van der Waals surface area contributed by atoms with Crippen LogP contribution in [0.25, 0.3) is 0 Å². The van der Waals surface area contributed by atoms with Gasteiger partial charge in [0.2, 0.25) is 0 Å². The number of likely N-dealkylation sites (N-methyl/N-ethyl adjacent to an activating group) is 2. The van der Waals surface area contributed by atoms with Gasteiger partial charge in [0.25, 0.3) is 5.91 Å². The first-order chi connectivity index (χ1) is 11.6. The van der Waals surface area contributed by atoms with Crippen molar-refractivity contribution in [1.29, 1.82) is 0 Å². The second kappa shape index (κ2) is 9.23. The van der Waals surface area contributed by atoms with Gasteiger partial charge in [-0.1, -0.05) is 33.3 Å². The summed E-state index contributed by atoms with van der Waals surface area (Å²) in [6.45, 7) is 11.8. The van der Waals surface area contributed by atoms with Crippen LogP contribution in [0.5, 0.6) is 5.75 Å². The van der Waals surface area contributed by atoms with Crippen molar-refractivity contribution in [2.75, 3.05) is 34.2 Å². The number of carbonyl (C=O) groups excluding carboxylic acids is 1. The van der Waals surface area contributed by atoms with Gasteiger partial charge >= 0.3 is 0 Å². The zero-order valence-electron chi connectivity index (χ0n) is 17.3. The quantitative estimate of drug-likeness (QED) is 0.678. The molecule has 4 nitrogen and oxygen atoms in total. The molecular formula is C21H36N2O2. The third-order valence-electron chi connectivity index (χ3n) is 4.37. The number of benzene rings is 1. The van der Waals surface area contributed by atoms with Crippen LogP contribution in [-0.2, 0) is 11.2 Å². The van der Waals surface area contributed by atoms with E-state index in [0.29, 0.717) is 12.5 Å². The zero-order chi connectivity index (χ0) is 19.2. The summed E-state index contributed by atoms with van der Waals surface area (Å²) >= 11 is 0. The van der Waals surface area contributed by atoms with Crippen molar-refractivity contribution in [3.05, 3.63) is 29.3 Å². The Morgan fingerprint density at radius 1 is 1.16 bits per heavy atom. The number of nitrogens with zero attached hydrogens (tertiary/aromatic N) is 2. The molecule has 4 heteroatoms. The molecule has 0 saturated carbocycles. The molecule has 0 atom stereocenters. The molecule has 0 spiro atoms. The van der Waals surface area contributed by atoms with Gasteiger partial charge < -0.3 is 14.5 Å². The second-order valence-electron chi connectivity index (χ2n) is 7.91. The van der Waals surface area contributed by atoms with Gasteiger partial charge in [-0.25, -0.2) is 0 Å². The van der Waals surface area contributed by atoms with E-state index in [9.17, 15) is 4.79 Å². The van der Waals surface area contributed by atoms with Crippen molar-refractivity contribution in [1.82, 2.24) is 9.80 Å². The molecule has 25 heavy (non-hydrogen) atoms. The summed E-state index contributed by atoms with van der Waals surface area (Å²) in [6.07, 6.45) is 2.13. The molecule has 0 fully saturated rings. The highest BCUT2D eigenvalue weighted by Crippen LogP contribution is 2.28. The maximum Gasteiger partial charge on any atom is 0.265 e. The van der Waals surface area contributed by atoms with E-state index in [-0.39, 0.29) is 5.91 Å². The molecule has 0 aromatic heterocycles. The van der Waals surface area contributed by atoms with E-state index in [1.165, 1.54) is 11.1 Å². The van der Waals surface area contributed by atoms with E-state index >= 15 is 0 Å². The van der Waals surface area contributed by atoms with Crippen molar-refractivity contribution in [3.63, 3.8) is 0 Å². The third kappa shape index (κ3) is 6.35. The molecule has 0 N–H and O–H groups in total. The monoisotopic (exact) mass is 348 g/mol. The van der Waals surface area contributed by atoms with Crippen molar-refractivity contribution in [2.24, 2.45) is 0 Å². The minimum Gasteiger partial charge on any atom is -0.478 e. The lowest BCUT2D eigenvalue weighted by atomic mass is 9.94. The van der Waals surface area contributed by atoms with Crippen LogP contribution < -0.4 is 4.74 Å². The molecule has 142 valence electrons. The van der Waals surface area contributed by atoms with Crippen molar-refractivity contribution in [2.45, 2.75) is 59.0 Å². The van der Waals surface area contributed by atoms with Gasteiger partial charge in [0.15, 0.2) is 5.60 Å². The van der Waals surface area contributed by atoms with Crippen LogP contribution in [0, 0.1) is 0 Å². The predicted octanol–water partition coefficient (Wildman–Crippen LogP) is 3.94. The van der Waals surface area contributed by atoms with E-state index in [4.69, 9.17) is 4.74 Å². The predicted molar refractivity (Wildman–Crippen MR) is 105 cm³/mol. The van der Waals surface area contributed by atoms with Crippen LogP contribution in [0.2, 0.25) is 0 Å². The first-order valence-electron chi connectivity index (χ1n) is 9.30. The third-order valence-corrected chi connectivity index (χ3v) is 4.37. The lowest BCUT2D eigenvalue weighted by Gasteiger charge is -2.31. The van der Waals surface area contributed by atoms with Crippen LogP contribution in [0.1, 0.15) is 58.1 Å². The van der Waals surface area contributed by atoms with Gasteiger partial charge in [0, 0.05) is 20.1 Å². The normalized spacial score (nSPS) is 11.9. The molecule has 1 rings (SSSR count). The highest BCUT2D eigenvalue weighted by Gasteiger charge is 2.32. The fraction of sp³-hybridized carbons (Fsp3) is 0.667. The molecular weight excluding hydrogens is 312 g/mol. The van der Waals surface area contributed by atoms with Crippen molar-refractivity contribution in [3.8, 4) is 5.75 Å². The van der Waals surface area contributed by atoms with E-state index in [2.05, 4.69) is 37.8 Å². The molecule has 0 heterocycles. The van der Waals surface area contributed by atoms with Crippen molar-refractivity contribution < 1.29 is 9.53 Å². The Labute approximate surface area is 154 Å². The molecule has 1 amide bonds. The summed E-state index contributed by atoms with van der Waals surface area (Å²) in [5.41, 5.74) is 1.80. The van der Waals surface area contributed by atoms with Crippen LogP contribution in [0.15, 0.2) is 18.2 Å². The summed E-state index contributed by atoms with van der Waals surface area (Å²) in [6, 6.07) is 6.23. The zero-order valence-corrected chi connectivity index (χ0v) is 17.3. The summed E-state index contributed by atoms with van der Waals surface area (Å²) in [5, 5.41) is 0. The van der Waals surface area contributed by atoms with Crippen molar-refractivity contribution >= 4 is 5.91 Å². The Morgan fingerprint density at radius 3 is 2.32 bits per heavy atom. The molecule has 0 aliphatic heterocycles. The Bertz CT molecular complexity index is 565. The van der Waals surface area contributed by atoms with Gasteiger partial charge in [-0.3, -0.25) is 4.79 Å². The molecule has 0 bridgehead atoms. The molecule has 1 aromatic carbocycles. The molecule has 0 radical (unpaired) electrons. The Balaban J connectivity index is 2.91. The highest BCUT2D eigenvalue weighted by molar-refractivity contribution is 5.84. The lowest BCUT2D eigenvalue weighted by Crippen LogP contribution is -2.48. The van der Waals surface area contributed by atoms with E-state index in [0.717, 1.165) is 25.1 Å². The van der Waals surface area contributed by atoms with Gasteiger partial charge in [0.1, 0.15) is 5.75 Å². The van der Waals surface area contributed by atoms with Crippen LogP contribution in [0.3, 0.4) is 0 Å². The standard InChI is InChI=1S/C21H36N2O2/c1-9-10-17-15-18(11-12-19(17)16(2)3)25-21(4,5)20(24)23(8)14-13-22(6)7/h11-12,15-16H,9-10,13-14H2,1-8H3. The fourth-order valence-corrected chi connectivity index (χ4v) is 2.94. The maximum atomic E-state index is 12.7. The molecule has 0 aliphatic carbocycles. The smallest absolute Gasteiger partial charge is 0.265 e. The number of hydrogen-bond donors (Lipinski definition) is 0. The lowest BCUT2D eigenvalue weighted by molar-refractivity contribution is -0.144. The largest absolute Gasteiger partial charge is 0.478 e. The summed E-state index contributed by atoms with van der Waals surface area (Å²) in [4.78, 5) is 16.6. The SMILES string of the molecule is CCCc1cc(OC(C)(C)C(=O)N(C)CCN(C)C)ccc1C(C)C. The van der Waals surface area contributed by atoms with Gasteiger partial charge in [0.05, 0.1) is 0 Å². The number of rotatable bonds is 9. The maximum absolute atomic E-state index is 12.7. The highest BCUT2D eigenvalue weighted by atomic mass is 16.5. The fourth-order valence-electron chi connectivity index (χ4n) is 2.94. The minimum absolute atomic E-state index is 0.000623. The van der Waals surface area contributed by atoms with Gasteiger partial charge in [-0.15, -0.1) is 0 Å². The summed E-state index contributed by atoms with van der Waals surface area (Å²) < 4.78 is 6.11. The number of aryl methyl sites for hydroxylation is 1. The van der Waals surface area contributed by atoms with E-state index in [1.54, 1.807) is 4.90 Å². The summed E-state index contributed by atoms with van der Waals surface area (Å²) in [7, 11) is 5.85. The average Bonchev–Trinajstić information content (AvgIpc) is 2.51. The number of hydrogen-bond acceptors (Lipinski definition) is 3. The molecule has 0 saturated heterocycles. The van der Waals surface area contributed by atoms with Crippen LogP contribution in [-0.4, -0.2) is 55.5 Å². The Kier molecular flexibility index (Phi) is 7.94. The van der Waals surface area contributed by atoms with Crippen LogP contribution in [0.4, 0.5) is 0 Å². The first-order valence-corrected chi connectivity index (χ1v) is 9.30. The minimum atomic E-state index is -0.885. The van der Waals surface area contributed by atoms with E-state index in [1.807, 2.05) is 41.1 Å². The molecule has 1 aromatic rings. The average molecular weight is 349 g/mol. The topological polar surface area (TPSA) is 32.8 Å². The summed E-state index contributed by atoms with van der Waals surface area (Å²) in [5.74, 6) is 1.26. The Hall–Kier alpha value is -1.55. The molecule has 0 unspecified atom stereocenters.